The highest BCUT2D eigenvalue weighted by Gasteiger charge is 2.01. The monoisotopic (exact) mass is 335 g/mol. The summed E-state index contributed by atoms with van der Waals surface area (Å²) in [6.07, 6.45) is 4.79. The zero-order chi connectivity index (χ0) is 17.3. The van der Waals surface area contributed by atoms with E-state index in [1.165, 1.54) is 16.3 Å². The number of nitrogens with one attached hydrogen (secondary N) is 2. The van der Waals surface area contributed by atoms with E-state index >= 15 is 0 Å². The molecular weight excluding hydrogens is 310 g/mol. The Kier molecular flexibility index (Phi) is 6.04. The quantitative estimate of drug-likeness (QED) is 0.396. The van der Waals surface area contributed by atoms with Gasteiger partial charge >= 0.3 is 0 Å². The largest absolute Gasteiger partial charge is 0.357 e. The van der Waals surface area contributed by atoms with E-state index in [4.69, 9.17) is 4.99 Å². The summed E-state index contributed by atoms with van der Waals surface area (Å²) in [6.45, 7) is 5.36. The van der Waals surface area contributed by atoms with E-state index < -0.39 is 0 Å². The van der Waals surface area contributed by atoms with Crippen LogP contribution in [0, 0.1) is 0 Å². The number of hydrogen-bond donors (Lipinski definition) is 2. The third-order valence-corrected chi connectivity index (χ3v) is 4.05. The van der Waals surface area contributed by atoms with Gasteiger partial charge in [0.15, 0.2) is 5.96 Å². The lowest BCUT2D eigenvalue weighted by Gasteiger charge is -2.12. The number of aryl methyl sites for hydroxylation is 1. The van der Waals surface area contributed by atoms with E-state index in [0.29, 0.717) is 6.54 Å². The summed E-state index contributed by atoms with van der Waals surface area (Å²) in [4.78, 5) is 4.74. The summed E-state index contributed by atoms with van der Waals surface area (Å²) in [6, 6.07) is 16.8. The maximum Gasteiger partial charge on any atom is 0.191 e. The van der Waals surface area contributed by atoms with Crippen molar-refractivity contribution in [1.29, 1.82) is 0 Å². The molecule has 0 aliphatic rings. The third-order valence-electron chi connectivity index (χ3n) is 4.05. The van der Waals surface area contributed by atoms with Gasteiger partial charge in [-0.1, -0.05) is 42.5 Å². The molecular formula is C20H25N5. The summed E-state index contributed by atoms with van der Waals surface area (Å²) < 4.78 is 1.95. The van der Waals surface area contributed by atoms with Crippen molar-refractivity contribution in [3.05, 3.63) is 66.5 Å². The van der Waals surface area contributed by atoms with Gasteiger partial charge in [-0.3, -0.25) is 4.68 Å². The van der Waals surface area contributed by atoms with Crippen LogP contribution in [0.4, 0.5) is 0 Å². The van der Waals surface area contributed by atoms with Crippen LogP contribution in [0.1, 0.15) is 18.9 Å². The smallest absolute Gasteiger partial charge is 0.191 e. The second-order valence-electron chi connectivity index (χ2n) is 5.88. The summed E-state index contributed by atoms with van der Waals surface area (Å²) in [5.41, 5.74) is 1.24. The first kappa shape index (κ1) is 17.0. The molecule has 3 aromatic rings. The number of hydrogen-bond acceptors (Lipinski definition) is 2. The van der Waals surface area contributed by atoms with E-state index in [1.807, 2.05) is 23.1 Å². The molecule has 1 heterocycles. The van der Waals surface area contributed by atoms with E-state index in [1.54, 1.807) is 0 Å². The number of guanidine groups is 1. The zero-order valence-electron chi connectivity index (χ0n) is 14.7. The molecule has 5 nitrogen and oxygen atoms in total. The number of nitrogens with zero attached hydrogens (tertiary/aromatic N) is 3. The maximum absolute atomic E-state index is 4.74. The van der Waals surface area contributed by atoms with Crippen LogP contribution >= 0.6 is 0 Å². The summed E-state index contributed by atoms with van der Waals surface area (Å²) in [7, 11) is 0. The molecule has 0 amide bonds. The van der Waals surface area contributed by atoms with Gasteiger partial charge in [0.2, 0.25) is 0 Å². The van der Waals surface area contributed by atoms with Crippen LogP contribution < -0.4 is 10.6 Å². The molecule has 25 heavy (non-hydrogen) atoms. The van der Waals surface area contributed by atoms with Gasteiger partial charge in [-0.2, -0.15) is 5.10 Å². The van der Waals surface area contributed by atoms with Crippen molar-refractivity contribution in [3.8, 4) is 0 Å². The Balaban J connectivity index is 1.59. The van der Waals surface area contributed by atoms with Crippen molar-refractivity contribution >= 4 is 16.7 Å². The van der Waals surface area contributed by atoms with Crippen molar-refractivity contribution in [2.75, 3.05) is 13.1 Å². The Bertz CT molecular complexity index is 803. The number of benzene rings is 2. The van der Waals surface area contributed by atoms with Crippen molar-refractivity contribution in [3.63, 3.8) is 0 Å². The summed E-state index contributed by atoms with van der Waals surface area (Å²) >= 11 is 0. The first-order valence-corrected chi connectivity index (χ1v) is 8.83. The van der Waals surface area contributed by atoms with Crippen LogP contribution in [0.25, 0.3) is 10.8 Å². The van der Waals surface area contributed by atoms with Crippen LogP contribution in [-0.2, 0) is 13.1 Å². The van der Waals surface area contributed by atoms with Gasteiger partial charge in [-0.25, -0.2) is 4.99 Å². The minimum atomic E-state index is 0.663. The third kappa shape index (κ3) is 4.83. The highest BCUT2D eigenvalue weighted by atomic mass is 15.3. The van der Waals surface area contributed by atoms with Crippen LogP contribution in [0.15, 0.2) is 65.9 Å². The average molecular weight is 335 g/mol. The summed E-state index contributed by atoms with van der Waals surface area (Å²) in [5, 5.41) is 13.5. The standard InChI is InChI=1S/C20H25N5/c1-2-21-20(22-12-6-14-25-15-7-13-24-25)23-16-18-10-5-9-17-8-3-4-11-19(17)18/h3-5,7-11,13,15H,2,6,12,14,16H2,1H3,(H2,21,22,23). The van der Waals surface area contributed by atoms with Crippen LogP contribution in [0.5, 0.6) is 0 Å². The molecule has 1 aromatic heterocycles. The zero-order valence-corrected chi connectivity index (χ0v) is 14.7. The van der Waals surface area contributed by atoms with Gasteiger partial charge in [0.25, 0.3) is 0 Å². The van der Waals surface area contributed by atoms with E-state index in [2.05, 4.69) is 65.1 Å². The Morgan fingerprint density at radius 2 is 1.96 bits per heavy atom. The Labute approximate surface area is 148 Å². The molecule has 130 valence electrons. The number of aliphatic imine (C=N–C) groups is 1. The van der Waals surface area contributed by atoms with E-state index in [0.717, 1.165) is 32.0 Å². The van der Waals surface area contributed by atoms with Crippen LogP contribution in [-0.4, -0.2) is 28.8 Å². The van der Waals surface area contributed by atoms with Gasteiger partial charge < -0.3 is 10.6 Å². The number of rotatable bonds is 7. The lowest BCUT2D eigenvalue weighted by Crippen LogP contribution is -2.38. The molecule has 0 unspecified atom stereocenters. The molecule has 0 saturated heterocycles. The number of aromatic nitrogens is 2. The van der Waals surface area contributed by atoms with Gasteiger partial charge in [-0.15, -0.1) is 0 Å². The fourth-order valence-electron chi connectivity index (χ4n) is 2.82. The van der Waals surface area contributed by atoms with Crippen molar-refractivity contribution in [2.24, 2.45) is 4.99 Å². The Hall–Kier alpha value is -2.82. The van der Waals surface area contributed by atoms with Crippen LogP contribution in [0.2, 0.25) is 0 Å². The van der Waals surface area contributed by atoms with Gasteiger partial charge in [0.1, 0.15) is 0 Å². The number of fused-ring (bicyclic) bond motifs is 1. The molecule has 0 spiro atoms. The molecule has 0 atom stereocenters. The maximum atomic E-state index is 4.74. The summed E-state index contributed by atoms with van der Waals surface area (Å²) in [5.74, 6) is 0.857. The van der Waals surface area contributed by atoms with E-state index in [9.17, 15) is 0 Å². The molecule has 2 aromatic carbocycles. The second kappa shape index (κ2) is 8.87. The molecule has 0 bridgehead atoms. The molecule has 5 heteroatoms. The van der Waals surface area contributed by atoms with Crippen LogP contribution in [0.3, 0.4) is 0 Å². The topological polar surface area (TPSA) is 54.2 Å². The Morgan fingerprint density at radius 1 is 1.08 bits per heavy atom. The van der Waals surface area contributed by atoms with Gasteiger partial charge in [-0.05, 0) is 35.7 Å². The fraction of sp³-hybridized carbons (Fsp3) is 0.300. The first-order valence-electron chi connectivity index (χ1n) is 8.83. The highest BCUT2D eigenvalue weighted by Crippen LogP contribution is 2.18. The average Bonchev–Trinajstić information content (AvgIpc) is 3.16. The minimum absolute atomic E-state index is 0.663. The van der Waals surface area contributed by atoms with Gasteiger partial charge in [0.05, 0.1) is 6.54 Å². The fourth-order valence-corrected chi connectivity index (χ4v) is 2.82. The van der Waals surface area contributed by atoms with Crippen molar-refractivity contribution in [2.45, 2.75) is 26.4 Å². The lowest BCUT2D eigenvalue weighted by atomic mass is 10.1. The predicted octanol–water partition coefficient (Wildman–Crippen LogP) is 3.18. The predicted molar refractivity (Wildman–Crippen MR) is 104 cm³/mol. The minimum Gasteiger partial charge on any atom is -0.357 e. The first-order chi connectivity index (χ1) is 12.4. The Morgan fingerprint density at radius 3 is 2.80 bits per heavy atom. The molecule has 0 aliphatic carbocycles. The lowest BCUT2D eigenvalue weighted by molar-refractivity contribution is 0.570. The molecule has 2 N–H and O–H groups in total. The van der Waals surface area contributed by atoms with E-state index in [-0.39, 0.29) is 0 Å². The molecule has 0 aliphatic heterocycles. The highest BCUT2D eigenvalue weighted by molar-refractivity contribution is 5.86. The van der Waals surface area contributed by atoms with Crippen molar-refractivity contribution < 1.29 is 0 Å². The molecule has 3 rings (SSSR count). The van der Waals surface area contributed by atoms with Gasteiger partial charge in [0, 0.05) is 32.0 Å². The molecule has 0 radical (unpaired) electrons. The molecule has 0 saturated carbocycles. The SMILES string of the molecule is CCNC(=NCc1cccc2ccccc12)NCCCn1cccn1. The molecule has 0 fully saturated rings. The normalized spacial score (nSPS) is 11.6. The van der Waals surface area contributed by atoms with Crippen molar-refractivity contribution in [1.82, 2.24) is 20.4 Å². The second-order valence-corrected chi connectivity index (χ2v) is 5.88.